The Balaban J connectivity index is 1.89. The fourth-order valence-electron chi connectivity index (χ4n) is 1.67. The minimum atomic E-state index is -0.389. The van der Waals surface area contributed by atoms with Gasteiger partial charge in [-0.25, -0.2) is 0 Å². The fourth-order valence-corrected chi connectivity index (χ4v) is 2.17. The van der Waals surface area contributed by atoms with Crippen LogP contribution in [-0.4, -0.2) is 22.6 Å². The molecule has 21 heavy (non-hydrogen) atoms. The maximum atomic E-state index is 11.8. The lowest BCUT2D eigenvalue weighted by Crippen LogP contribution is -2.26. The lowest BCUT2D eigenvalue weighted by molar-refractivity contribution is 0.0917. The molecular weight excluding hydrogens is 313 g/mol. The minimum absolute atomic E-state index is 0.0269. The van der Waals surface area contributed by atoms with Crippen LogP contribution in [0, 0.1) is 0 Å². The number of aromatic nitrogens is 2. The lowest BCUT2D eigenvalue weighted by atomic mass is 10.1. The second-order valence-corrected chi connectivity index (χ2v) is 5.69. The molecule has 1 aromatic heterocycles. The van der Waals surface area contributed by atoms with Gasteiger partial charge < -0.3 is 9.73 Å². The quantitative estimate of drug-likeness (QED) is 0.912. The zero-order valence-electron chi connectivity index (χ0n) is 11.7. The molecule has 112 valence electrons. The first-order valence-corrected chi connectivity index (χ1v) is 7.28. The van der Waals surface area contributed by atoms with E-state index in [0.717, 1.165) is 5.56 Å². The van der Waals surface area contributed by atoms with Crippen molar-refractivity contribution in [2.45, 2.75) is 26.2 Å². The van der Waals surface area contributed by atoms with E-state index in [0.29, 0.717) is 28.9 Å². The molecule has 1 heterocycles. The largest absolute Gasteiger partial charge is 0.417 e. The maximum Gasteiger partial charge on any atom is 0.308 e. The first-order chi connectivity index (χ1) is 9.97. The van der Waals surface area contributed by atoms with Crippen LogP contribution < -0.4 is 5.32 Å². The van der Waals surface area contributed by atoms with Crippen LogP contribution in [0.1, 0.15) is 41.9 Å². The van der Waals surface area contributed by atoms with Crippen LogP contribution >= 0.6 is 23.2 Å². The summed E-state index contributed by atoms with van der Waals surface area (Å²) in [4.78, 5) is 11.8. The first kappa shape index (κ1) is 15.8. The molecule has 7 heteroatoms. The maximum absolute atomic E-state index is 11.8. The van der Waals surface area contributed by atoms with Crippen molar-refractivity contribution < 1.29 is 9.21 Å². The van der Waals surface area contributed by atoms with E-state index in [2.05, 4.69) is 15.5 Å². The molecule has 2 aromatic rings. The fraction of sp³-hybridized carbons (Fsp3) is 0.357. The summed E-state index contributed by atoms with van der Waals surface area (Å²) in [5.74, 6) is 0.119. The molecule has 5 nitrogen and oxygen atoms in total. The monoisotopic (exact) mass is 327 g/mol. The Morgan fingerprint density at radius 2 is 2.10 bits per heavy atom. The molecule has 1 amide bonds. The number of nitrogens with one attached hydrogen (secondary N) is 1. The summed E-state index contributed by atoms with van der Waals surface area (Å²) in [7, 11) is 0. The third-order valence-electron chi connectivity index (χ3n) is 2.82. The van der Waals surface area contributed by atoms with E-state index in [-0.39, 0.29) is 17.7 Å². The van der Waals surface area contributed by atoms with Crippen LogP contribution in [0.2, 0.25) is 10.0 Å². The van der Waals surface area contributed by atoms with Crippen molar-refractivity contribution in [2.75, 3.05) is 6.54 Å². The van der Waals surface area contributed by atoms with Crippen molar-refractivity contribution in [1.29, 1.82) is 0 Å². The molecule has 0 unspecified atom stereocenters. The summed E-state index contributed by atoms with van der Waals surface area (Å²) in [6, 6.07) is 5.27. The van der Waals surface area contributed by atoms with Crippen molar-refractivity contribution in [2.24, 2.45) is 0 Å². The van der Waals surface area contributed by atoms with Crippen molar-refractivity contribution in [3.63, 3.8) is 0 Å². The van der Waals surface area contributed by atoms with Gasteiger partial charge in [0.05, 0.1) is 0 Å². The van der Waals surface area contributed by atoms with Crippen LogP contribution in [0.5, 0.6) is 0 Å². The SMILES string of the molecule is CC(C)c1nnc(C(=O)NCCc2ccc(Cl)cc2Cl)o1. The van der Waals surface area contributed by atoms with Gasteiger partial charge in [0.25, 0.3) is 0 Å². The van der Waals surface area contributed by atoms with E-state index in [9.17, 15) is 4.79 Å². The molecule has 0 aliphatic rings. The Hall–Kier alpha value is -1.59. The van der Waals surface area contributed by atoms with E-state index < -0.39 is 0 Å². The Bertz CT molecular complexity index is 641. The van der Waals surface area contributed by atoms with Crippen LogP contribution in [0.25, 0.3) is 0 Å². The predicted molar refractivity (Wildman–Crippen MR) is 80.9 cm³/mol. The molecule has 0 bridgehead atoms. The standard InChI is InChI=1S/C14H15Cl2N3O2/c1-8(2)13-18-19-14(21-13)12(20)17-6-5-9-3-4-10(15)7-11(9)16/h3-4,7-8H,5-6H2,1-2H3,(H,17,20). The normalized spacial score (nSPS) is 10.9. The highest BCUT2D eigenvalue weighted by Gasteiger charge is 2.16. The molecule has 0 saturated carbocycles. The molecule has 0 aliphatic carbocycles. The van der Waals surface area contributed by atoms with E-state index in [1.807, 2.05) is 19.9 Å². The topological polar surface area (TPSA) is 68.0 Å². The summed E-state index contributed by atoms with van der Waals surface area (Å²) in [6.07, 6.45) is 0.590. The van der Waals surface area contributed by atoms with Gasteiger partial charge in [0, 0.05) is 22.5 Å². The van der Waals surface area contributed by atoms with Crippen LogP contribution in [0.3, 0.4) is 0 Å². The molecule has 0 fully saturated rings. The number of hydrogen-bond acceptors (Lipinski definition) is 4. The van der Waals surface area contributed by atoms with Gasteiger partial charge >= 0.3 is 11.8 Å². The van der Waals surface area contributed by atoms with Gasteiger partial charge in [-0.3, -0.25) is 4.79 Å². The van der Waals surface area contributed by atoms with Crippen molar-refractivity contribution in [1.82, 2.24) is 15.5 Å². The number of carbonyl (C=O) groups excluding carboxylic acids is 1. The van der Waals surface area contributed by atoms with Crippen molar-refractivity contribution >= 4 is 29.1 Å². The Morgan fingerprint density at radius 1 is 1.33 bits per heavy atom. The molecule has 0 aliphatic heterocycles. The van der Waals surface area contributed by atoms with Crippen molar-refractivity contribution in [3.05, 3.63) is 45.6 Å². The predicted octanol–water partition coefficient (Wildman–Crippen LogP) is 3.47. The smallest absolute Gasteiger partial charge is 0.308 e. The Kier molecular flexibility index (Phi) is 5.20. The number of rotatable bonds is 5. The Morgan fingerprint density at radius 3 is 2.71 bits per heavy atom. The second-order valence-electron chi connectivity index (χ2n) is 4.84. The molecule has 2 rings (SSSR count). The van der Waals surface area contributed by atoms with Gasteiger partial charge in [0.15, 0.2) is 0 Å². The summed E-state index contributed by atoms with van der Waals surface area (Å²) < 4.78 is 5.27. The van der Waals surface area contributed by atoms with E-state index in [1.165, 1.54) is 0 Å². The third-order valence-corrected chi connectivity index (χ3v) is 3.41. The molecule has 1 aromatic carbocycles. The number of carbonyl (C=O) groups is 1. The van der Waals surface area contributed by atoms with Crippen LogP contribution in [0.15, 0.2) is 22.6 Å². The third kappa shape index (κ3) is 4.19. The van der Waals surface area contributed by atoms with E-state index in [4.69, 9.17) is 27.6 Å². The number of nitrogens with zero attached hydrogens (tertiary/aromatic N) is 2. The number of halogens is 2. The van der Waals surface area contributed by atoms with Gasteiger partial charge in [-0.2, -0.15) is 0 Å². The summed E-state index contributed by atoms with van der Waals surface area (Å²) in [5, 5.41) is 11.4. The summed E-state index contributed by atoms with van der Waals surface area (Å²) in [5.41, 5.74) is 0.912. The summed E-state index contributed by atoms with van der Waals surface area (Å²) in [6.45, 7) is 4.25. The Labute approximate surface area is 132 Å². The van der Waals surface area contributed by atoms with Gasteiger partial charge in [0.2, 0.25) is 5.89 Å². The molecule has 0 atom stereocenters. The van der Waals surface area contributed by atoms with Gasteiger partial charge in [0.1, 0.15) is 0 Å². The van der Waals surface area contributed by atoms with Gasteiger partial charge in [-0.05, 0) is 24.1 Å². The number of amides is 1. The lowest BCUT2D eigenvalue weighted by Gasteiger charge is -2.05. The molecule has 0 saturated heterocycles. The summed E-state index contributed by atoms with van der Waals surface area (Å²) >= 11 is 11.9. The highest BCUT2D eigenvalue weighted by atomic mass is 35.5. The molecule has 1 N–H and O–H groups in total. The van der Waals surface area contributed by atoms with Crippen LogP contribution in [-0.2, 0) is 6.42 Å². The average molecular weight is 328 g/mol. The zero-order valence-corrected chi connectivity index (χ0v) is 13.2. The van der Waals surface area contributed by atoms with E-state index >= 15 is 0 Å². The van der Waals surface area contributed by atoms with E-state index in [1.54, 1.807) is 12.1 Å². The van der Waals surface area contributed by atoms with Gasteiger partial charge in [-0.1, -0.05) is 43.1 Å². The highest BCUT2D eigenvalue weighted by molar-refractivity contribution is 6.35. The molecular formula is C14H15Cl2N3O2. The zero-order chi connectivity index (χ0) is 15.4. The second kappa shape index (κ2) is 6.91. The highest BCUT2D eigenvalue weighted by Crippen LogP contribution is 2.21. The van der Waals surface area contributed by atoms with Crippen LogP contribution in [0.4, 0.5) is 0 Å². The number of hydrogen-bond donors (Lipinski definition) is 1. The van der Waals surface area contributed by atoms with Crippen molar-refractivity contribution in [3.8, 4) is 0 Å². The average Bonchev–Trinajstić information content (AvgIpc) is 2.91. The minimum Gasteiger partial charge on any atom is -0.417 e. The number of benzene rings is 1. The first-order valence-electron chi connectivity index (χ1n) is 6.53. The molecule has 0 spiro atoms. The van der Waals surface area contributed by atoms with Gasteiger partial charge in [-0.15, -0.1) is 10.2 Å². The molecule has 0 radical (unpaired) electrons.